The molecule has 40 heavy (non-hydrogen) atoms. The second kappa shape index (κ2) is 11.1. The van der Waals surface area contributed by atoms with Gasteiger partial charge in [0, 0.05) is 50.5 Å². The molecule has 2 aromatic heterocycles. The fourth-order valence-electron chi connectivity index (χ4n) is 5.90. The maximum absolute atomic E-state index is 14.7. The minimum Gasteiger partial charge on any atom is -0.493 e. The zero-order chi connectivity index (χ0) is 28.6. The molecule has 0 N–H and O–H groups in total. The van der Waals surface area contributed by atoms with Gasteiger partial charge in [-0.25, -0.2) is 4.98 Å². The standard InChI is InChI=1S/C30H33FN6O3/c1-35(29-23(16-33)30(38)36(2)24-12-7-19(15-32)34-28(24)29)20-8-10-21(11-9-20)37(17-18-5-6-18)22-13-25(39-3)27(31)26(14-22)40-4/h7,12-14,18,20-21H,5-6,8-11,17H2,1-4H3/t20-,21-. The molecule has 0 radical (unpaired) electrons. The monoisotopic (exact) mass is 544 g/mol. The number of nitrogens with zero attached hydrogens (tertiary/aromatic N) is 6. The molecule has 2 aliphatic rings. The van der Waals surface area contributed by atoms with Crippen LogP contribution in [-0.4, -0.2) is 49.4 Å². The van der Waals surface area contributed by atoms with Crippen LogP contribution in [-0.2, 0) is 7.05 Å². The van der Waals surface area contributed by atoms with Gasteiger partial charge in [0.15, 0.2) is 11.5 Å². The SMILES string of the molecule is COc1cc(N(CC2CC2)[C@H]2CC[C@H](N(C)c3c(C#N)c(=O)n(C)c4ccc(C#N)nc34)CC2)cc(OC)c1F. The van der Waals surface area contributed by atoms with Crippen LogP contribution in [0.2, 0.25) is 0 Å². The molecule has 0 atom stereocenters. The van der Waals surface area contributed by atoms with E-state index in [4.69, 9.17) is 9.47 Å². The molecule has 0 spiro atoms. The van der Waals surface area contributed by atoms with Crippen molar-refractivity contribution < 1.29 is 13.9 Å². The summed E-state index contributed by atoms with van der Waals surface area (Å²) in [6.07, 6.45) is 5.80. The van der Waals surface area contributed by atoms with Crippen LogP contribution in [0, 0.1) is 34.4 Å². The smallest absolute Gasteiger partial charge is 0.270 e. The van der Waals surface area contributed by atoms with Crippen LogP contribution in [0.25, 0.3) is 11.0 Å². The Hall–Kier alpha value is -4.31. The zero-order valence-electron chi connectivity index (χ0n) is 23.3. The Morgan fingerprint density at radius 3 is 2.20 bits per heavy atom. The van der Waals surface area contributed by atoms with E-state index in [2.05, 4.69) is 22.0 Å². The molecule has 9 nitrogen and oxygen atoms in total. The normalized spacial score (nSPS) is 18.6. The van der Waals surface area contributed by atoms with E-state index in [0.717, 1.165) is 37.9 Å². The number of methoxy groups -OCH3 is 2. The number of nitriles is 2. The van der Waals surface area contributed by atoms with Gasteiger partial charge in [0.25, 0.3) is 5.56 Å². The summed E-state index contributed by atoms with van der Waals surface area (Å²) in [4.78, 5) is 22.0. The molecular formula is C30H33FN6O3. The first-order valence-electron chi connectivity index (χ1n) is 13.6. The Bertz CT molecular complexity index is 1550. The summed E-state index contributed by atoms with van der Waals surface area (Å²) in [6, 6.07) is 11.3. The summed E-state index contributed by atoms with van der Waals surface area (Å²) < 4.78 is 26.7. The number of hydrogen-bond donors (Lipinski definition) is 0. The number of fused-ring (bicyclic) bond motifs is 1. The van der Waals surface area contributed by atoms with Crippen LogP contribution in [0.3, 0.4) is 0 Å². The molecule has 2 aliphatic carbocycles. The van der Waals surface area contributed by atoms with E-state index in [-0.39, 0.29) is 40.4 Å². The van der Waals surface area contributed by atoms with Gasteiger partial charge in [-0.05, 0) is 56.6 Å². The molecule has 3 aromatic rings. The van der Waals surface area contributed by atoms with Crippen LogP contribution in [0.1, 0.15) is 49.8 Å². The van der Waals surface area contributed by atoms with Crippen LogP contribution in [0.4, 0.5) is 15.8 Å². The fraction of sp³-hybridized carbons (Fsp3) is 0.467. The molecular weight excluding hydrogens is 511 g/mol. The van der Waals surface area contributed by atoms with E-state index in [9.17, 15) is 19.7 Å². The Kier molecular flexibility index (Phi) is 7.53. The van der Waals surface area contributed by atoms with Crippen molar-refractivity contribution in [1.82, 2.24) is 9.55 Å². The highest BCUT2D eigenvalue weighted by atomic mass is 19.1. The lowest BCUT2D eigenvalue weighted by Crippen LogP contribution is -2.44. The first kappa shape index (κ1) is 27.3. The summed E-state index contributed by atoms with van der Waals surface area (Å²) in [5.41, 5.74) is 2.29. The molecule has 0 bridgehead atoms. The topological polar surface area (TPSA) is 107 Å². The lowest BCUT2D eigenvalue weighted by molar-refractivity contribution is 0.347. The van der Waals surface area contributed by atoms with Gasteiger partial charge >= 0.3 is 0 Å². The van der Waals surface area contributed by atoms with E-state index in [1.54, 1.807) is 31.3 Å². The van der Waals surface area contributed by atoms with Crippen molar-refractivity contribution in [3.63, 3.8) is 0 Å². The minimum atomic E-state index is -0.506. The highest BCUT2D eigenvalue weighted by molar-refractivity contribution is 5.92. The lowest BCUT2D eigenvalue weighted by Gasteiger charge is -2.42. The number of rotatable bonds is 8. The molecule has 0 aliphatic heterocycles. The van der Waals surface area contributed by atoms with E-state index in [1.807, 2.05) is 11.9 Å². The van der Waals surface area contributed by atoms with Crippen molar-refractivity contribution in [3.8, 4) is 23.6 Å². The van der Waals surface area contributed by atoms with E-state index < -0.39 is 5.82 Å². The van der Waals surface area contributed by atoms with E-state index >= 15 is 0 Å². The second-order valence-electron chi connectivity index (χ2n) is 10.7. The van der Waals surface area contributed by atoms with Crippen molar-refractivity contribution >= 4 is 22.4 Å². The van der Waals surface area contributed by atoms with Crippen molar-refractivity contribution in [3.05, 3.63) is 51.7 Å². The quantitative estimate of drug-likeness (QED) is 0.408. The number of aryl methyl sites for hydroxylation is 1. The summed E-state index contributed by atoms with van der Waals surface area (Å²) in [5.74, 6) is 0.435. The van der Waals surface area contributed by atoms with Gasteiger partial charge in [0.1, 0.15) is 28.9 Å². The minimum absolute atomic E-state index is 0.0306. The fourth-order valence-corrected chi connectivity index (χ4v) is 5.90. The van der Waals surface area contributed by atoms with Gasteiger partial charge in [-0.3, -0.25) is 4.79 Å². The molecule has 5 rings (SSSR count). The van der Waals surface area contributed by atoms with Crippen molar-refractivity contribution in [2.24, 2.45) is 13.0 Å². The maximum atomic E-state index is 14.7. The Morgan fingerprint density at radius 2 is 1.65 bits per heavy atom. The number of aromatic nitrogens is 2. The number of anilines is 2. The Morgan fingerprint density at radius 1 is 1.02 bits per heavy atom. The van der Waals surface area contributed by atoms with Gasteiger partial charge < -0.3 is 23.8 Å². The molecule has 2 saturated carbocycles. The number of hydrogen-bond acceptors (Lipinski definition) is 8. The third-order valence-electron chi connectivity index (χ3n) is 8.36. The molecule has 0 unspecified atom stereocenters. The first-order chi connectivity index (χ1) is 19.3. The summed E-state index contributed by atoms with van der Waals surface area (Å²) in [6.45, 7) is 0.891. The maximum Gasteiger partial charge on any atom is 0.270 e. The van der Waals surface area contributed by atoms with Crippen LogP contribution >= 0.6 is 0 Å². The summed E-state index contributed by atoms with van der Waals surface area (Å²) >= 11 is 0. The third-order valence-corrected chi connectivity index (χ3v) is 8.36. The van der Waals surface area contributed by atoms with Crippen LogP contribution < -0.4 is 24.8 Å². The lowest BCUT2D eigenvalue weighted by atomic mass is 9.88. The predicted octanol–water partition coefficient (Wildman–Crippen LogP) is 4.50. The number of pyridine rings is 2. The zero-order valence-corrected chi connectivity index (χ0v) is 23.3. The predicted molar refractivity (Wildman–Crippen MR) is 150 cm³/mol. The second-order valence-corrected chi connectivity index (χ2v) is 10.7. The molecule has 2 heterocycles. The molecule has 1 aromatic carbocycles. The van der Waals surface area contributed by atoms with E-state index in [1.165, 1.54) is 31.6 Å². The van der Waals surface area contributed by atoms with Gasteiger partial charge in [0.2, 0.25) is 5.82 Å². The summed E-state index contributed by atoms with van der Waals surface area (Å²) in [7, 11) is 6.43. The van der Waals surface area contributed by atoms with Gasteiger partial charge in [-0.15, -0.1) is 0 Å². The largest absolute Gasteiger partial charge is 0.493 e. The van der Waals surface area contributed by atoms with Gasteiger partial charge in [0.05, 0.1) is 25.4 Å². The highest BCUT2D eigenvalue weighted by Gasteiger charge is 2.34. The number of benzene rings is 1. The highest BCUT2D eigenvalue weighted by Crippen LogP contribution is 2.40. The summed E-state index contributed by atoms with van der Waals surface area (Å²) in [5, 5.41) is 19.4. The van der Waals surface area contributed by atoms with Crippen molar-refractivity contribution in [2.45, 2.75) is 50.6 Å². The van der Waals surface area contributed by atoms with Gasteiger partial charge in [-0.2, -0.15) is 14.9 Å². The molecule has 2 fully saturated rings. The van der Waals surface area contributed by atoms with Crippen LogP contribution in [0.5, 0.6) is 11.5 Å². The Labute approximate surface area is 233 Å². The van der Waals surface area contributed by atoms with Crippen molar-refractivity contribution in [2.75, 3.05) is 37.6 Å². The van der Waals surface area contributed by atoms with Crippen molar-refractivity contribution in [1.29, 1.82) is 10.5 Å². The molecule has 208 valence electrons. The average molecular weight is 545 g/mol. The number of ether oxygens (including phenoxy) is 2. The number of halogens is 1. The first-order valence-corrected chi connectivity index (χ1v) is 13.6. The average Bonchev–Trinajstić information content (AvgIpc) is 3.81. The Balaban J connectivity index is 1.44. The van der Waals surface area contributed by atoms with Gasteiger partial charge in [-0.1, -0.05) is 0 Å². The van der Waals surface area contributed by atoms with Crippen LogP contribution in [0.15, 0.2) is 29.1 Å². The third kappa shape index (κ3) is 4.90. The molecule has 0 saturated heterocycles. The molecule has 10 heteroatoms. The van der Waals surface area contributed by atoms with E-state index in [0.29, 0.717) is 22.6 Å². The molecule has 0 amide bonds.